The van der Waals surface area contributed by atoms with E-state index in [1.165, 1.54) is 16.7 Å². The van der Waals surface area contributed by atoms with E-state index in [4.69, 9.17) is 4.74 Å². The van der Waals surface area contributed by atoms with E-state index in [2.05, 4.69) is 59.5 Å². The van der Waals surface area contributed by atoms with Gasteiger partial charge in [-0.25, -0.2) is 0 Å². The largest absolute Gasteiger partial charge is 0.370 e. The van der Waals surface area contributed by atoms with Crippen LogP contribution in [0.25, 0.3) is 0 Å². The smallest absolute Gasteiger partial charge is 0.0751 e. The van der Waals surface area contributed by atoms with E-state index in [0.717, 1.165) is 45.5 Å². The van der Waals surface area contributed by atoms with Crippen LogP contribution in [0.1, 0.15) is 29.5 Å². The molecule has 0 radical (unpaired) electrons. The molecule has 0 aliphatic carbocycles. The minimum atomic E-state index is 0.0849. The Kier molecular flexibility index (Phi) is 3.73. The fourth-order valence-electron chi connectivity index (χ4n) is 3.78. The molecule has 1 fully saturated rings. The van der Waals surface area contributed by atoms with Gasteiger partial charge in [-0.3, -0.25) is 4.90 Å². The average molecular weight is 293 g/mol. The summed E-state index contributed by atoms with van der Waals surface area (Å²) in [4.78, 5) is 2.56. The zero-order chi connectivity index (χ0) is 14.8. The van der Waals surface area contributed by atoms with Crippen molar-refractivity contribution in [2.45, 2.75) is 38.0 Å². The van der Waals surface area contributed by atoms with Crippen molar-refractivity contribution in [3.8, 4) is 0 Å². The second kappa shape index (κ2) is 5.86. The van der Waals surface area contributed by atoms with Gasteiger partial charge < -0.3 is 4.74 Å². The first-order valence-electron chi connectivity index (χ1n) is 8.30. The van der Waals surface area contributed by atoms with Gasteiger partial charge >= 0.3 is 0 Å². The quantitative estimate of drug-likeness (QED) is 0.835. The van der Waals surface area contributed by atoms with Crippen LogP contribution >= 0.6 is 0 Å². The topological polar surface area (TPSA) is 12.5 Å². The lowest BCUT2D eigenvalue weighted by atomic mass is 9.82. The number of likely N-dealkylation sites (tertiary alicyclic amines) is 1. The third kappa shape index (κ3) is 2.81. The van der Waals surface area contributed by atoms with Crippen LogP contribution < -0.4 is 0 Å². The first kappa shape index (κ1) is 14.0. The lowest BCUT2D eigenvalue weighted by Crippen LogP contribution is -2.48. The third-order valence-electron chi connectivity index (χ3n) is 5.18. The molecule has 0 N–H and O–H groups in total. The standard InChI is InChI=1S/C20H23NO/c1-2-6-17(7-3-1)15-21-12-10-20(11-13-21)14-18-8-4-5-9-19(18)16-22-20/h1-9H,10-16H2. The number of nitrogens with zero attached hydrogens (tertiary/aromatic N) is 1. The van der Waals surface area contributed by atoms with Gasteiger partial charge in [0.25, 0.3) is 0 Å². The second-order valence-electron chi connectivity index (χ2n) is 6.68. The maximum Gasteiger partial charge on any atom is 0.0751 e. The van der Waals surface area contributed by atoms with Crippen LogP contribution in [-0.2, 0) is 24.3 Å². The minimum absolute atomic E-state index is 0.0849. The van der Waals surface area contributed by atoms with Crippen LogP contribution in [0.3, 0.4) is 0 Å². The molecule has 0 amide bonds. The molecule has 2 heterocycles. The highest BCUT2D eigenvalue weighted by Gasteiger charge is 2.38. The number of piperidine rings is 1. The number of hydrogen-bond donors (Lipinski definition) is 0. The van der Waals surface area contributed by atoms with E-state index in [0.29, 0.717) is 0 Å². The van der Waals surface area contributed by atoms with Gasteiger partial charge in [-0.05, 0) is 29.5 Å². The molecule has 1 saturated heterocycles. The molecule has 2 aliphatic rings. The molecular weight excluding hydrogens is 270 g/mol. The SMILES string of the molecule is c1ccc(CN2CCC3(CC2)Cc2ccccc2CO3)cc1. The van der Waals surface area contributed by atoms with Gasteiger partial charge in [0.1, 0.15) is 0 Å². The predicted molar refractivity (Wildman–Crippen MR) is 88.6 cm³/mol. The molecule has 2 heteroatoms. The Hall–Kier alpha value is -1.64. The number of fused-ring (bicyclic) bond motifs is 1. The Balaban J connectivity index is 1.40. The van der Waals surface area contributed by atoms with Crippen LogP contribution in [-0.4, -0.2) is 23.6 Å². The Morgan fingerprint density at radius 1 is 0.864 bits per heavy atom. The van der Waals surface area contributed by atoms with E-state index in [-0.39, 0.29) is 5.60 Å². The Morgan fingerprint density at radius 3 is 2.32 bits per heavy atom. The van der Waals surface area contributed by atoms with Gasteiger partial charge in [0.15, 0.2) is 0 Å². The summed E-state index contributed by atoms with van der Waals surface area (Å²) in [6, 6.07) is 19.5. The van der Waals surface area contributed by atoms with E-state index in [1.807, 2.05) is 0 Å². The Bertz CT molecular complexity index is 629. The molecule has 0 aromatic heterocycles. The van der Waals surface area contributed by atoms with Crippen molar-refractivity contribution < 1.29 is 4.74 Å². The highest BCUT2D eigenvalue weighted by molar-refractivity contribution is 5.30. The van der Waals surface area contributed by atoms with E-state index in [9.17, 15) is 0 Å². The fraction of sp³-hybridized carbons (Fsp3) is 0.400. The summed E-state index contributed by atoms with van der Waals surface area (Å²) in [6.07, 6.45) is 3.38. The zero-order valence-electron chi connectivity index (χ0n) is 13.0. The summed E-state index contributed by atoms with van der Waals surface area (Å²) < 4.78 is 6.30. The van der Waals surface area contributed by atoms with Gasteiger partial charge in [0, 0.05) is 26.1 Å². The van der Waals surface area contributed by atoms with Crippen molar-refractivity contribution in [2.75, 3.05) is 13.1 Å². The summed E-state index contributed by atoms with van der Waals surface area (Å²) in [5.41, 5.74) is 4.36. The molecule has 22 heavy (non-hydrogen) atoms. The van der Waals surface area contributed by atoms with E-state index in [1.54, 1.807) is 0 Å². The minimum Gasteiger partial charge on any atom is -0.370 e. The average Bonchev–Trinajstić information content (AvgIpc) is 2.58. The summed E-state index contributed by atoms with van der Waals surface area (Å²) in [6.45, 7) is 4.12. The molecule has 0 unspecified atom stereocenters. The maximum absolute atomic E-state index is 6.30. The summed E-state index contributed by atoms with van der Waals surface area (Å²) >= 11 is 0. The molecular formula is C20H23NO. The number of rotatable bonds is 2. The lowest BCUT2D eigenvalue weighted by molar-refractivity contribution is -0.103. The highest BCUT2D eigenvalue weighted by Crippen LogP contribution is 2.36. The lowest BCUT2D eigenvalue weighted by Gasteiger charge is -2.44. The molecule has 0 saturated carbocycles. The normalized spacial score (nSPS) is 20.7. The van der Waals surface area contributed by atoms with Crippen LogP contribution in [0.15, 0.2) is 54.6 Å². The molecule has 1 spiro atoms. The molecule has 2 aromatic rings. The van der Waals surface area contributed by atoms with Gasteiger partial charge in [-0.1, -0.05) is 54.6 Å². The maximum atomic E-state index is 6.30. The van der Waals surface area contributed by atoms with Gasteiger partial charge in [-0.2, -0.15) is 0 Å². The van der Waals surface area contributed by atoms with E-state index < -0.39 is 0 Å². The number of ether oxygens (including phenoxy) is 1. The monoisotopic (exact) mass is 293 g/mol. The molecule has 2 nitrogen and oxygen atoms in total. The second-order valence-corrected chi connectivity index (χ2v) is 6.68. The van der Waals surface area contributed by atoms with Crippen LogP contribution in [0.5, 0.6) is 0 Å². The van der Waals surface area contributed by atoms with Crippen molar-refractivity contribution in [1.29, 1.82) is 0 Å². The third-order valence-corrected chi connectivity index (χ3v) is 5.18. The number of benzene rings is 2. The van der Waals surface area contributed by atoms with Crippen LogP contribution in [0.4, 0.5) is 0 Å². The van der Waals surface area contributed by atoms with Crippen LogP contribution in [0, 0.1) is 0 Å². The van der Waals surface area contributed by atoms with Gasteiger partial charge in [-0.15, -0.1) is 0 Å². The molecule has 2 aliphatic heterocycles. The molecule has 0 atom stereocenters. The first-order chi connectivity index (χ1) is 10.8. The highest BCUT2D eigenvalue weighted by atomic mass is 16.5. The Labute approximate surface area is 132 Å². The van der Waals surface area contributed by atoms with Gasteiger partial charge in [0.2, 0.25) is 0 Å². The van der Waals surface area contributed by atoms with Crippen molar-refractivity contribution in [3.63, 3.8) is 0 Å². The first-order valence-corrected chi connectivity index (χ1v) is 8.30. The molecule has 2 aromatic carbocycles. The van der Waals surface area contributed by atoms with Crippen molar-refractivity contribution in [3.05, 3.63) is 71.3 Å². The summed E-state index contributed by atoms with van der Waals surface area (Å²) in [5.74, 6) is 0. The van der Waals surface area contributed by atoms with Gasteiger partial charge in [0.05, 0.1) is 12.2 Å². The summed E-state index contributed by atoms with van der Waals surface area (Å²) in [7, 11) is 0. The zero-order valence-corrected chi connectivity index (χ0v) is 13.0. The molecule has 0 bridgehead atoms. The predicted octanol–water partition coefficient (Wildman–Crippen LogP) is 3.79. The fourth-order valence-corrected chi connectivity index (χ4v) is 3.78. The van der Waals surface area contributed by atoms with Crippen molar-refractivity contribution in [2.24, 2.45) is 0 Å². The molecule has 114 valence electrons. The van der Waals surface area contributed by atoms with Crippen LogP contribution in [0.2, 0.25) is 0 Å². The molecule has 4 rings (SSSR count). The van der Waals surface area contributed by atoms with Crippen molar-refractivity contribution in [1.82, 2.24) is 4.90 Å². The number of hydrogen-bond acceptors (Lipinski definition) is 2. The van der Waals surface area contributed by atoms with Crippen molar-refractivity contribution >= 4 is 0 Å². The summed E-state index contributed by atoms with van der Waals surface area (Å²) in [5, 5.41) is 0. The Morgan fingerprint density at radius 2 is 1.55 bits per heavy atom. The van der Waals surface area contributed by atoms with E-state index >= 15 is 0 Å².